The summed E-state index contributed by atoms with van der Waals surface area (Å²) in [5.41, 5.74) is 18.3. The van der Waals surface area contributed by atoms with Crippen LogP contribution in [0.2, 0.25) is 0 Å². The molecule has 7 N–H and O–H groups in total. The monoisotopic (exact) mass is 697 g/mol. The number of nitrogens with two attached hydrogens (primary N) is 2. The maximum atomic E-state index is 13.9. The van der Waals surface area contributed by atoms with Gasteiger partial charge in [-0.25, -0.2) is 5.53 Å². The Labute approximate surface area is 298 Å². The minimum Gasteiger partial charge on any atom is -0.461 e. The molecule has 7 rings (SSSR count). The number of hydrazine groups is 2. The summed E-state index contributed by atoms with van der Waals surface area (Å²) in [6, 6.07) is -0.121. The van der Waals surface area contributed by atoms with Crippen LogP contribution in [0, 0.1) is 56.7 Å². The largest absolute Gasteiger partial charge is 0.461 e. The maximum absolute atomic E-state index is 13.9. The molecule has 7 aliphatic rings. The van der Waals surface area contributed by atoms with E-state index in [0.717, 1.165) is 38.5 Å². The number of esters is 1. The fourth-order valence-electron chi connectivity index (χ4n) is 12.8. The molecule has 0 aromatic carbocycles. The van der Waals surface area contributed by atoms with E-state index in [2.05, 4.69) is 89.8 Å². The Hall–Kier alpha value is -2.41. The van der Waals surface area contributed by atoms with E-state index in [-0.39, 0.29) is 69.7 Å². The zero-order chi connectivity index (χ0) is 36.2. The van der Waals surface area contributed by atoms with Crippen LogP contribution in [0.5, 0.6) is 0 Å². The maximum Gasteiger partial charge on any atom is 0.310 e. The number of hydrogen-bond acceptors (Lipinski definition) is 11. The van der Waals surface area contributed by atoms with Gasteiger partial charge in [0.25, 0.3) is 0 Å². The van der Waals surface area contributed by atoms with Crippen LogP contribution < -0.4 is 27.7 Å². The first kappa shape index (κ1) is 36.0. The number of ether oxygens (including phenoxy) is 3. The summed E-state index contributed by atoms with van der Waals surface area (Å²) in [6.45, 7) is 22.1. The number of allylic oxidation sites excluding steroid dienone is 1. The Morgan fingerprint density at radius 3 is 2.52 bits per heavy atom. The highest BCUT2D eigenvalue weighted by molar-refractivity contribution is 5.78. The number of nitrogens with zero attached hydrogens (tertiary/aromatic N) is 2. The van der Waals surface area contributed by atoms with E-state index in [1.165, 1.54) is 5.57 Å². The molecular formula is C38H63N7O5. The number of rotatable bonds is 9. The normalized spacial score (nSPS) is 46.3. The van der Waals surface area contributed by atoms with Gasteiger partial charge < -0.3 is 31.0 Å². The molecule has 12 nitrogen and oxygen atoms in total. The van der Waals surface area contributed by atoms with Crippen molar-refractivity contribution < 1.29 is 23.8 Å². The molecule has 0 radical (unpaired) electrons. The van der Waals surface area contributed by atoms with Gasteiger partial charge >= 0.3 is 5.97 Å². The molecule has 50 heavy (non-hydrogen) atoms. The summed E-state index contributed by atoms with van der Waals surface area (Å²) in [5, 5.41) is 9.63. The van der Waals surface area contributed by atoms with Gasteiger partial charge in [-0.1, -0.05) is 67.0 Å². The third kappa shape index (κ3) is 4.86. The van der Waals surface area contributed by atoms with Gasteiger partial charge in [0, 0.05) is 21.8 Å². The Bertz CT molecular complexity index is 1470. The molecule has 2 bridgehead atoms. The molecule has 3 saturated carbocycles. The van der Waals surface area contributed by atoms with Crippen LogP contribution in [0.3, 0.4) is 0 Å². The molecule has 12 atom stereocenters. The minimum absolute atomic E-state index is 0.0112. The van der Waals surface area contributed by atoms with Crippen LogP contribution in [0.25, 0.3) is 0 Å². The molecule has 0 aromatic heterocycles. The quantitative estimate of drug-likeness (QED) is 0.178. The lowest BCUT2D eigenvalue weighted by atomic mass is 9.35. The second-order valence-corrected chi connectivity index (χ2v) is 19.1. The van der Waals surface area contributed by atoms with Crippen LogP contribution in [0.4, 0.5) is 0 Å². The minimum atomic E-state index is -0.477. The standard InChI is InChI=1S/C38H63N7O5/c1-21(2)29-33(5)14-15-35(7)23-10-11-26-34(6)18-48-20-38(26,24(23)12-13-36(35,8)28(33)31(47)50-29)16-25(45-43-32(40)42-44-45)30(34)49-19-37(9,22(3)4)41-17-27(39)46/h12,21-23,25-26,28-30,41,44H,10-11,13-20H2,1-9H3,(H2,39,46)(H3,40,42,43)/t23-,25+,26-,28+,29+,30-,33-,34-,35+,36-,37-,38-/m0/s1. The lowest BCUT2D eigenvalue weighted by molar-refractivity contribution is -0.260. The average Bonchev–Trinajstić information content (AvgIpc) is 3.60. The van der Waals surface area contributed by atoms with E-state index in [1.807, 2.05) is 5.12 Å². The first-order chi connectivity index (χ1) is 23.4. The smallest absolute Gasteiger partial charge is 0.310 e. The number of carbonyl (C=O) groups excluding carboxylic acids is 2. The molecule has 2 saturated heterocycles. The number of cyclic esters (lactones) is 1. The van der Waals surface area contributed by atoms with E-state index in [4.69, 9.17) is 25.7 Å². The van der Waals surface area contributed by atoms with Gasteiger partial charge in [0.15, 0.2) is 0 Å². The lowest BCUT2D eigenvalue weighted by Crippen LogP contribution is -2.73. The summed E-state index contributed by atoms with van der Waals surface area (Å²) in [7, 11) is 0. The molecule has 0 aromatic rings. The van der Waals surface area contributed by atoms with Crippen molar-refractivity contribution in [1.29, 1.82) is 0 Å². The molecule has 12 heteroatoms. The van der Waals surface area contributed by atoms with Crippen LogP contribution in [0.15, 0.2) is 16.8 Å². The molecule has 1 amide bonds. The van der Waals surface area contributed by atoms with Crippen molar-refractivity contribution in [1.82, 2.24) is 21.4 Å². The molecule has 4 aliphatic carbocycles. The molecular weight excluding hydrogens is 634 g/mol. The molecule has 5 fully saturated rings. The first-order valence-electron chi connectivity index (χ1n) is 19.1. The van der Waals surface area contributed by atoms with Gasteiger partial charge in [0.2, 0.25) is 11.9 Å². The SMILES string of the molecule is CC(C)[C@H]1OC(=O)[C@@H]2[C@]1(C)CC[C@]1(C)[C@H]3CC[C@@H]4[C@@]5(COC[C@]4(C)[C@@H](OC[C@](C)(NCC(N)=O)C(C)C)[C@H](N4NN=C(N)N4)C5)C3=CC[C@@]21C. The van der Waals surface area contributed by atoms with Gasteiger partial charge in [-0.05, 0) is 80.0 Å². The topological polar surface area (TPSA) is 166 Å². The van der Waals surface area contributed by atoms with Crippen LogP contribution in [0.1, 0.15) is 101 Å². The van der Waals surface area contributed by atoms with Crippen molar-refractivity contribution in [2.24, 2.45) is 73.2 Å². The van der Waals surface area contributed by atoms with Crippen molar-refractivity contribution in [3.8, 4) is 0 Å². The highest BCUT2D eigenvalue weighted by atomic mass is 16.6. The molecule has 3 heterocycles. The Morgan fingerprint density at radius 1 is 1.14 bits per heavy atom. The summed E-state index contributed by atoms with van der Waals surface area (Å²) >= 11 is 0. The predicted molar refractivity (Wildman–Crippen MR) is 190 cm³/mol. The van der Waals surface area contributed by atoms with Crippen molar-refractivity contribution >= 4 is 17.8 Å². The third-order valence-electron chi connectivity index (χ3n) is 15.9. The fraction of sp³-hybridized carbons (Fsp3) is 0.868. The van der Waals surface area contributed by atoms with Crippen molar-refractivity contribution in [2.75, 3.05) is 26.4 Å². The summed E-state index contributed by atoms with van der Waals surface area (Å²) in [4.78, 5) is 25.7. The Kier molecular flexibility index (Phi) is 8.49. The number of primary amides is 1. The van der Waals surface area contributed by atoms with E-state index in [9.17, 15) is 9.59 Å². The van der Waals surface area contributed by atoms with Gasteiger partial charge in [-0.2, -0.15) is 0 Å². The molecule has 0 unspecified atom stereocenters. The number of guanidine groups is 1. The number of amides is 1. The second-order valence-electron chi connectivity index (χ2n) is 19.1. The number of hydrogen-bond donors (Lipinski definition) is 5. The number of carbonyl (C=O) groups is 2. The number of nitrogens with one attached hydrogen (secondary N) is 3. The molecule has 0 spiro atoms. The van der Waals surface area contributed by atoms with Crippen LogP contribution >= 0.6 is 0 Å². The van der Waals surface area contributed by atoms with Crippen molar-refractivity contribution in [3.63, 3.8) is 0 Å². The van der Waals surface area contributed by atoms with Gasteiger partial charge in [-0.15, -0.1) is 10.2 Å². The second kappa shape index (κ2) is 11.8. The van der Waals surface area contributed by atoms with Crippen LogP contribution in [-0.4, -0.2) is 73.1 Å². The van der Waals surface area contributed by atoms with Crippen molar-refractivity contribution in [2.45, 2.75) is 125 Å². The van der Waals surface area contributed by atoms with Gasteiger partial charge in [0.1, 0.15) is 6.10 Å². The fourth-order valence-corrected chi connectivity index (χ4v) is 12.8. The Morgan fingerprint density at radius 2 is 1.88 bits per heavy atom. The van der Waals surface area contributed by atoms with Gasteiger partial charge in [0.05, 0.1) is 44.4 Å². The zero-order valence-corrected chi connectivity index (χ0v) is 31.9. The summed E-state index contributed by atoms with van der Waals surface area (Å²) < 4.78 is 20.1. The zero-order valence-electron chi connectivity index (χ0n) is 31.9. The van der Waals surface area contributed by atoms with Crippen molar-refractivity contribution in [3.05, 3.63) is 11.6 Å². The van der Waals surface area contributed by atoms with Gasteiger partial charge in [-0.3, -0.25) is 15.0 Å². The third-order valence-corrected chi connectivity index (χ3v) is 15.9. The van der Waals surface area contributed by atoms with E-state index in [1.54, 1.807) is 0 Å². The molecule has 280 valence electrons. The number of fused-ring (bicyclic) bond motifs is 5. The van der Waals surface area contributed by atoms with E-state index in [0.29, 0.717) is 43.5 Å². The molecule has 3 aliphatic heterocycles. The highest BCUT2D eigenvalue weighted by Crippen LogP contribution is 2.75. The summed E-state index contributed by atoms with van der Waals surface area (Å²) in [6.07, 6.45) is 8.19. The lowest BCUT2D eigenvalue weighted by Gasteiger charge is -2.71. The highest BCUT2D eigenvalue weighted by Gasteiger charge is 2.74. The van der Waals surface area contributed by atoms with Crippen LogP contribution in [-0.2, 0) is 23.8 Å². The average molecular weight is 698 g/mol. The van der Waals surface area contributed by atoms with E-state index >= 15 is 0 Å². The summed E-state index contributed by atoms with van der Waals surface area (Å²) in [5.74, 6) is 0.996. The Balaban J connectivity index is 1.26. The predicted octanol–water partition coefficient (Wildman–Crippen LogP) is 3.58. The van der Waals surface area contributed by atoms with E-state index < -0.39 is 11.4 Å². The number of hydrazone groups is 1. The first-order valence-corrected chi connectivity index (χ1v) is 19.1.